The van der Waals surface area contributed by atoms with Gasteiger partial charge >= 0.3 is 0 Å². The number of aryl methyl sites for hydroxylation is 2. The molecule has 0 saturated heterocycles. The molecule has 1 amide bonds. The van der Waals surface area contributed by atoms with Crippen LogP contribution in [0.4, 0.5) is 0 Å². The van der Waals surface area contributed by atoms with Gasteiger partial charge in [-0.15, -0.1) is 24.8 Å². The first-order valence-corrected chi connectivity index (χ1v) is 6.52. The van der Waals surface area contributed by atoms with Crippen LogP contribution in [0.3, 0.4) is 0 Å². The molecule has 1 atom stereocenters. The molecule has 5 nitrogen and oxygen atoms in total. The summed E-state index contributed by atoms with van der Waals surface area (Å²) < 4.78 is 1.72. The number of nitrogens with zero attached hydrogens (tertiary/aromatic N) is 3. The minimum absolute atomic E-state index is 0. The highest BCUT2D eigenvalue weighted by atomic mass is 35.5. The Kier molecular flexibility index (Phi) is 8.16. The molecule has 2 aromatic rings. The average molecular weight is 345 g/mol. The molecule has 1 heterocycles. The Hall–Kier alpha value is -1.56. The third kappa shape index (κ3) is 5.02. The first-order chi connectivity index (χ1) is 9.47. The first-order valence-electron chi connectivity index (χ1n) is 6.52. The molecule has 22 heavy (non-hydrogen) atoms. The van der Waals surface area contributed by atoms with Gasteiger partial charge in [0.1, 0.15) is 6.04 Å². The number of rotatable bonds is 4. The van der Waals surface area contributed by atoms with E-state index in [4.69, 9.17) is 5.73 Å². The predicted molar refractivity (Wildman–Crippen MR) is 92.3 cm³/mol. The maximum Gasteiger partial charge on any atom is 0.244 e. The van der Waals surface area contributed by atoms with Gasteiger partial charge in [0, 0.05) is 32.4 Å². The van der Waals surface area contributed by atoms with E-state index in [2.05, 4.69) is 5.10 Å². The second-order valence-electron chi connectivity index (χ2n) is 5.10. The van der Waals surface area contributed by atoms with E-state index >= 15 is 0 Å². The Morgan fingerprint density at radius 3 is 2.41 bits per heavy atom. The van der Waals surface area contributed by atoms with Gasteiger partial charge in [0.2, 0.25) is 5.91 Å². The number of nitrogens with two attached hydrogens (primary N) is 1. The van der Waals surface area contributed by atoms with Crippen molar-refractivity contribution in [2.24, 2.45) is 12.8 Å². The summed E-state index contributed by atoms with van der Waals surface area (Å²) in [4.78, 5) is 13.9. The lowest BCUT2D eigenvalue weighted by atomic mass is 10.0. The molecule has 0 aliphatic heterocycles. The molecule has 7 heteroatoms. The number of benzene rings is 1. The normalized spacial score (nSPS) is 11.1. The number of aromatic nitrogens is 2. The Labute approximate surface area is 143 Å². The van der Waals surface area contributed by atoms with Gasteiger partial charge in [0.15, 0.2) is 0 Å². The van der Waals surface area contributed by atoms with Crippen molar-refractivity contribution in [2.45, 2.75) is 19.5 Å². The van der Waals surface area contributed by atoms with Gasteiger partial charge in [-0.1, -0.05) is 29.8 Å². The van der Waals surface area contributed by atoms with Gasteiger partial charge < -0.3 is 10.6 Å². The number of likely N-dealkylation sites (N-methyl/N-ethyl adjacent to an activating group) is 1. The first kappa shape index (κ1) is 20.4. The lowest BCUT2D eigenvalue weighted by molar-refractivity contribution is -0.131. The second kappa shape index (κ2) is 8.78. The summed E-state index contributed by atoms with van der Waals surface area (Å²) in [5, 5.41) is 4.09. The summed E-state index contributed by atoms with van der Waals surface area (Å²) in [6, 6.07) is 7.09. The lowest BCUT2D eigenvalue weighted by Gasteiger charge is -2.21. The van der Waals surface area contributed by atoms with Crippen molar-refractivity contribution in [1.29, 1.82) is 0 Å². The van der Waals surface area contributed by atoms with E-state index in [0.717, 1.165) is 16.7 Å². The summed E-state index contributed by atoms with van der Waals surface area (Å²) in [6.07, 6.45) is 3.64. The monoisotopic (exact) mass is 344 g/mol. The van der Waals surface area contributed by atoms with Crippen LogP contribution in [-0.4, -0.2) is 27.6 Å². The molecule has 0 saturated carbocycles. The molecule has 2 rings (SSSR count). The third-order valence-electron chi connectivity index (χ3n) is 3.26. The fourth-order valence-electron chi connectivity index (χ4n) is 2.06. The third-order valence-corrected chi connectivity index (χ3v) is 3.26. The van der Waals surface area contributed by atoms with Crippen LogP contribution < -0.4 is 5.73 Å². The van der Waals surface area contributed by atoms with Crippen LogP contribution in [0, 0.1) is 6.92 Å². The van der Waals surface area contributed by atoms with Crippen molar-refractivity contribution in [1.82, 2.24) is 14.7 Å². The zero-order valence-electron chi connectivity index (χ0n) is 12.9. The Bertz CT molecular complexity index is 598. The summed E-state index contributed by atoms with van der Waals surface area (Å²) in [5.74, 6) is -0.0993. The maximum atomic E-state index is 12.3. The zero-order valence-corrected chi connectivity index (χ0v) is 14.5. The van der Waals surface area contributed by atoms with Gasteiger partial charge in [-0.3, -0.25) is 9.48 Å². The summed E-state index contributed by atoms with van der Waals surface area (Å²) in [5.41, 5.74) is 9.00. The van der Waals surface area contributed by atoms with E-state index in [1.54, 1.807) is 22.8 Å². The highest BCUT2D eigenvalue weighted by molar-refractivity contribution is 5.85. The van der Waals surface area contributed by atoms with Crippen LogP contribution in [0.2, 0.25) is 0 Å². The fraction of sp³-hybridized carbons (Fsp3) is 0.333. The van der Waals surface area contributed by atoms with Crippen molar-refractivity contribution < 1.29 is 4.79 Å². The van der Waals surface area contributed by atoms with Crippen molar-refractivity contribution >= 4 is 30.7 Å². The van der Waals surface area contributed by atoms with Gasteiger partial charge in [0.25, 0.3) is 0 Å². The van der Waals surface area contributed by atoms with Crippen LogP contribution in [0.5, 0.6) is 0 Å². The predicted octanol–water partition coefficient (Wildman–Crippen LogP) is 2.23. The lowest BCUT2D eigenvalue weighted by Crippen LogP contribution is -2.35. The number of hydrogen-bond acceptors (Lipinski definition) is 3. The van der Waals surface area contributed by atoms with Crippen LogP contribution in [-0.2, 0) is 18.4 Å². The molecule has 0 aliphatic rings. The Morgan fingerprint density at radius 1 is 1.32 bits per heavy atom. The molecule has 0 bridgehead atoms. The number of halogens is 2. The highest BCUT2D eigenvalue weighted by Crippen LogP contribution is 2.15. The van der Waals surface area contributed by atoms with Crippen molar-refractivity contribution in [3.8, 4) is 0 Å². The van der Waals surface area contributed by atoms with E-state index in [0.29, 0.717) is 6.54 Å². The fourth-order valence-corrected chi connectivity index (χ4v) is 2.06. The second-order valence-corrected chi connectivity index (χ2v) is 5.10. The van der Waals surface area contributed by atoms with Gasteiger partial charge in [-0.05, 0) is 12.5 Å². The minimum Gasteiger partial charge on any atom is -0.340 e. The number of carbonyl (C=O) groups is 1. The molecule has 0 radical (unpaired) electrons. The Balaban J connectivity index is 0.00000220. The molecule has 0 spiro atoms. The molecule has 1 aromatic carbocycles. The molecule has 122 valence electrons. The van der Waals surface area contributed by atoms with E-state index in [9.17, 15) is 4.79 Å². The van der Waals surface area contributed by atoms with Gasteiger partial charge in [-0.25, -0.2) is 0 Å². The van der Waals surface area contributed by atoms with Gasteiger partial charge in [0.05, 0.1) is 6.20 Å². The van der Waals surface area contributed by atoms with Crippen LogP contribution >= 0.6 is 24.8 Å². The topological polar surface area (TPSA) is 64.2 Å². The molecular formula is C15H22Cl2N4O. The summed E-state index contributed by atoms with van der Waals surface area (Å²) in [6.45, 7) is 2.51. The smallest absolute Gasteiger partial charge is 0.244 e. The standard InChI is InChI=1S/C15H20N4O.2ClH/c1-11-4-6-13(7-5-11)14(16)15(20)18(2)9-12-8-17-19(3)10-12;;/h4-8,10,14H,9,16H2,1-3H3;2*1H. The van der Waals surface area contributed by atoms with Crippen molar-refractivity contribution in [3.63, 3.8) is 0 Å². The molecule has 1 aromatic heterocycles. The summed E-state index contributed by atoms with van der Waals surface area (Å²) in [7, 11) is 3.60. The van der Waals surface area contributed by atoms with E-state index in [-0.39, 0.29) is 30.7 Å². The van der Waals surface area contributed by atoms with E-state index in [1.165, 1.54) is 0 Å². The van der Waals surface area contributed by atoms with Gasteiger partial charge in [-0.2, -0.15) is 5.10 Å². The van der Waals surface area contributed by atoms with Crippen LogP contribution in [0.1, 0.15) is 22.7 Å². The number of carbonyl (C=O) groups excluding carboxylic acids is 1. The molecule has 0 fully saturated rings. The number of amides is 1. The zero-order chi connectivity index (χ0) is 14.7. The molecular weight excluding hydrogens is 323 g/mol. The highest BCUT2D eigenvalue weighted by Gasteiger charge is 2.20. The van der Waals surface area contributed by atoms with E-state index < -0.39 is 6.04 Å². The number of hydrogen-bond donors (Lipinski definition) is 1. The maximum absolute atomic E-state index is 12.3. The summed E-state index contributed by atoms with van der Waals surface area (Å²) >= 11 is 0. The van der Waals surface area contributed by atoms with Crippen molar-refractivity contribution in [2.75, 3.05) is 7.05 Å². The minimum atomic E-state index is -0.628. The molecule has 0 aliphatic carbocycles. The quantitative estimate of drug-likeness (QED) is 0.924. The largest absolute Gasteiger partial charge is 0.340 e. The van der Waals surface area contributed by atoms with Crippen molar-refractivity contribution in [3.05, 3.63) is 53.3 Å². The van der Waals surface area contributed by atoms with Crippen LogP contribution in [0.25, 0.3) is 0 Å². The molecule has 1 unspecified atom stereocenters. The molecule has 2 N–H and O–H groups in total. The van der Waals surface area contributed by atoms with Crippen LogP contribution in [0.15, 0.2) is 36.7 Å². The Morgan fingerprint density at radius 2 is 1.91 bits per heavy atom. The average Bonchev–Trinajstić information content (AvgIpc) is 2.83. The SMILES string of the molecule is Cc1ccc(C(N)C(=O)N(C)Cc2cnn(C)c2)cc1.Cl.Cl. The van der Waals surface area contributed by atoms with E-state index in [1.807, 2.05) is 44.4 Å².